The van der Waals surface area contributed by atoms with E-state index in [1.54, 1.807) is 26.4 Å². The van der Waals surface area contributed by atoms with Gasteiger partial charge in [-0.2, -0.15) is 0 Å². The zero-order chi connectivity index (χ0) is 22.0. The molecule has 2 aromatic carbocycles. The maximum atomic E-state index is 14.1. The minimum Gasteiger partial charge on any atom is -0.497 e. The van der Waals surface area contributed by atoms with Crippen molar-refractivity contribution in [1.29, 1.82) is 0 Å². The van der Waals surface area contributed by atoms with Crippen LogP contribution in [0, 0.1) is 11.6 Å². The third kappa shape index (κ3) is 4.24. The first-order valence-electron chi connectivity index (χ1n) is 9.30. The van der Waals surface area contributed by atoms with Gasteiger partial charge in [0.25, 0.3) is 0 Å². The van der Waals surface area contributed by atoms with Crippen LogP contribution in [0.3, 0.4) is 0 Å². The first kappa shape index (κ1) is 20.9. The molecule has 4 aromatic rings. The molecule has 7 nitrogen and oxygen atoms in total. The molecule has 2 aromatic heterocycles. The summed E-state index contributed by atoms with van der Waals surface area (Å²) in [5.41, 5.74) is 7.37. The van der Waals surface area contributed by atoms with Crippen LogP contribution in [0.25, 0.3) is 11.2 Å². The number of nitrogens with two attached hydrogens (primary N) is 1. The lowest BCUT2D eigenvalue weighted by atomic mass is 10.1. The predicted molar refractivity (Wildman–Crippen MR) is 113 cm³/mol. The zero-order valence-electron chi connectivity index (χ0n) is 16.8. The van der Waals surface area contributed by atoms with Gasteiger partial charge < -0.3 is 19.8 Å². The molecular formula is C21H19F2N5O2S. The second kappa shape index (κ2) is 8.76. The van der Waals surface area contributed by atoms with Gasteiger partial charge in [0.15, 0.2) is 22.1 Å². The number of aryl methyl sites for hydroxylation is 2. The number of anilines is 1. The van der Waals surface area contributed by atoms with E-state index < -0.39 is 11.6 Å². The summed E-state index contributed by atoms with van der Waals surface area (Å²) < 4.78 is 40.0. The maximum Gasteiger partial charge on any atom is 0.175 e. The Labute approximate surface area is 181 Å². The lowest BCUT2D eigenvalue weighted by Crippen LogP contribution is -2.06. The van der Waals surface area contributed by atoms with Crippen molar-refractivity contribution in [2.75, 3.05) is 20.0 Å². The topological polar surface area (TPSA) is 88.1 Å². The van der Waals surface area contributed by atoms with Crippen molar-refractivity contribution in [1.82, 2.24) is 19.5 Å². The average Bonchev–Trinajstić information content (AvgIpc) is 3.11. The van der Waals surface area contributed by atoms with Crippen molar-refractivity contribution in [3.63, 3.8) is 0 Å². The highest BCUT2D eigenvalue weighted by molar-refractivity contribution is 7.99. The molecule has 2 N–H and O–H groups in total. The normalized spacial score (nSPS) is 11.1. The molecule has 0 aliphatic heterocycles. The Morgan fingerprint density at radius 3 is 2.65 bits per heavy atom. The van der Waals surface area contributed by atoms with E-state index in [4.69, 9.17) is 15.2 Å². The van der Waals surface area contributed by atoms with Crippen LogP contribution in [0.5, 0.6) is 11.5 Å². The third-order valence-electron chi connectivity index (χ3n) is 4.72. The minimum atomic E-state index is -0.615. The van der Waals surface area contributed by atoms with E-state index in [0.29, 0.717) is 46.3 Å². The molecule has 0 saturated carbocycles. The Bertz CT molecular complexity index is 1250. The summed E-state index contributed by atoms with van der Waals surface area (Å²) in [5.74, 6) is 0.348. The Kier molecular flexibility index (Phi) is 5.90. The van der Waals surface area contributed by atoms with Crippen LogP contribution in [0.2, 0.25) is 0 Å². The molecule has 0 aliphatic rings. The highest BCUT2D eigenvalue weighted by Crippen LogP contribution is 2.38. The number of methoxy groups -OCH3 is 2. The number of nitrogen functional groups attached to an aromatic ring is 1. The standard InChI is InChI=1S/C21H19F2N5O2S/c1-29-14-5-6-16(30-2)17(10-14)31-21-27-18-19(24)25-11-26-20(18)28(21)8-7-12-3-4-13(22)9-15(12)23/h3-6,9-11H,7-8H2,1-2H3,(H2,24,25,26). The van der Waals surface area contributed by atoms with Gasteiger partial charge in [-0.15, -0.1) is 0 Å². The van der Waals surface area contributed by atoms with Crippen LogP contribution in [-0.2, 0) is 13.0 Å². The van der Waals surface area contributed by atoms with Crippen molar-refractivity contribution in [2.24, 2.45) is 0 Å². The molecule has 160 valence electrons. The summed E-state index contributed by atoms with van der Waals surface area (Å²) in [6.45, 7) is 0.351. The molecule has 0 unspecified atom stereocenters. The quantitative estimate of drug-likeness (QED) is 0.460. The maximum absolute atomic E-state index is 14.1. The molecule has 0 bridgehead atoms. The largest absolute Gasteiger partial charge is 0.497 e. The van der Waals surface area contributed by atoms with Crippen LogP contribution in [0.1, 0.15) is 5.56 Å². The number of ether oxygens (including phenoxy) is 2. The van der Waals surface area contributed by atoms with Gasteiger partial charge in [-0.25, -0.2) is 23.7 Å². The van der Waals surface area contributed by atoms with Crippen LogP contribution < -0.4 is 15.2 Å². The highest BCUT2D eigenvalue weighted by Gasteiger charge is 2.18. The number of hydrogen-bond acceptors (Lipinski definition) is 7. The van der Waals surface area contributed by atoms with Gasteiger partial charge >= 0.3 is 0 Å². The molecule has 0 atom stereocenters. The van der Waals surface area contributed by atoms with Gasteiger partial charge in [0.2, 0.25) is 0 Å². The summed E-state index contributed by atoms with van der Waals surface area (Å²) in [6.07, 6.45) is 1.67. The second-order valence-corrected chi connectivity index (χ2v) is 7.59. The lowest BCUT2D eigenvalue weighted by Gasteiger charge is -2.12. The number of rotatable bonds is 7. The van der Waals surface area contributed by atoms with Crippen LogP contribution in [-0.4, -0.2) is 33.7 Å². The van der Waals surface area contributed by atoms with Crippen molar-refractivity contribution < 1.29 is 18.3 Å². The summed E-state index contributed by atoms with van der Waals surface area (Å²) in [7, 11) is 3.16. The third-order valence-corrected chi connectivity index (χ3v) is 5.75. The van der Waals surface area contributed by atoms with Crippen molar-refractivity contribution in [3.8, 4) is 11.5 Å². The summed E-state index contributed by atoms with van der Waals surface area (Å²) in [6, 6.07) is 8.98. The van der Waals surface area contributed by atoms with Gasteiger partial charge in [-0.05, 0) is 48.0 Å². The van der Waals surface area contributed by atoms with Gasteiger partial charge in [-0.3, -0.25) is 0 Å². The molecule has 0 aliphatic carbocycles. The second-order valence-electron chi connectivity index (χ2n) is 6.58. The number of fused-ring (bicyclic) bond motifs is 1. The van der Waals surface area contributed by atoms with E-state index in [0.717, 1.165) is 11.0 Å². The smallest absolute Gasteiger partial charge is 0.175 e. The summed E-state index contributed by atoms with van der Waals surface area (Å²) in [5, 5.41) is 0.580. The van der Waals surface area contributed by atoms with Crippen LogP contribution >= 0.6 is 11.8 Å². The number of imidazole rings is 1. The molecule has 2 heterocycles. The number of nitrogens with zero attached hydrogens (tertiary/aromatic N) is 4. The fraction of sp³-hybridized carbons (Fsp3) is 0.190. The molecule has 0 amide bonds. The van der Waals surface area contributed by atoms with E-state index in [9.17, 15) is 8.78 Å². The van der Waals surface area contributed by atoms with E-state index >= 15 is 0 Å². The summed E-state index contributed by atoms with van der Waals surface area (Å²) in [4.78, 5) is 13.7. The summed E-state index contributed by atoms with van der Waals surface area (Å²) >= 11 is 1.34. The SMILES string of the molecule is COc1ccc(OC)c(Sc2nc3c(N)ncnc3n2CCc2ccc(F)cc2F)c1. The molecular weight excluding hydrogens is 424 g/mol. The lowest BCUT2D eigenvalue weighted by molar-refractivity contribution is 0.394. The first-order chi connectivity index (χ1) is 15.0. The molecule has 0 saturated heterocycles. The minimum absolute atomic E-state index is 0.246. The Balaban J connectivity index is 1.74. The monoisotopic (exact) mass is 443 g/mol. The number of benzene rings is 2. The predicted octanol–water partition coefficient (Wildman–Crippen LogP) is 4.10. The average molecular weight is 443 g/mol. The number of hydrogen-bond donors (Lipinski definition) is 1. The Hall–Kier alpha value is -3.40. The highest BCUT2D eigenvalue weighted by atomic mass is 32.2. The van der Waals surface area contributed by atoms with Crippen molar-refractivity contribution >= 4 is 28.7 Å². The Morgan fingerprint density at radius 2 is 1.90 bits per heavy atom. The van der Waals surface area contributed by atoms with Gasteiger partial charge in [-0.1, -0.05) is 6.07 Å². The Morgan fingerprint density at radius 1 is 1.06 bits per heavy atom. The molecule has 31 heavy (non-hydrogen) atoms. The fourth-order valence-corrected chi connectivity index (χ4v) is 4.18. The van der Waals surface area contributed by atoms with Crippen LogP contribution in [0.15, 0.2) is 52.8 Å². The van der Waals surface area contributed by atoms with Gasteiger partial charge in [0.1, 0.15) is 29.5 Å². The molecule has 10 heteroatoms. The van der Waals surface area contributed by atoms with E-state index in [2.05, 4.69) is 15.0 Å². The molecule has 0 radical (unpaired) electrons. The van der Waals surface area contributed by atoms with Crippen molar-refractivity contribution in [3.05, 3.63) is 59.9 Å². The van der Waals surface area contributed by atoms with Crippen molar-refractivity contribution in [2.45, 2.75) is 23.0 Å². The van der Waals surface area contributed by atoms with E-state index in [1.807, 2.05) is 10.6 Å². The molecule has 4 rings (SSSR count). The van der Waals surface area contributed by atoms with E-state index in [1.165, 1.54) is 30.2 Å². The van der Waals surface area contributed by atoms with E-state index in [-0.39, 0.29) is 5.82 Å². The van der Waals surface area contributed by atoms with Crippen LogP contribution in [0.4, 0.5) is 14.6 Å². The first-order valence-corrected chi connectivity index (χ1v) is 10.1. The number of aromatic nitrogens is 4. The van der Waals surface area contributed by atoms with Gasteiger partial charge in [0, 0.05) is 12.6 Å². The zero-order valence-corrected chi connectivity index (χ0v) is 17.6. The molecule has 0 spiro atoms. The number of halogens is 2. The molecule has 0 fully saturated rings. The van der Waals surface area contributed by atoms with Gasteiger partial charge in [0.05, 0.1) is 19.1 Å². The fourth-order valence-electron chi connectivity index (χ4n) is 3.13.